The lowest BCUT2D eigenvalue weighted by atomic mass is 9.97. The van der Waals surface area contributed by atoms with E-state index in [4.69, 9.17) is 4.74 Å². The van der Waals surface area contributed by atoms with Crippen molar-refractivity contribution in [3.05, 3.63) is 0 Å². The van der Waals surface area contributed by atoms with Crippen molar-refractivity contribution in [1.29, 1.82) is 0 Å². The van der Waals surface area contributed by atoms with Crippen LogP contribution in [0.4, 0.5) is 0 Å². The van der Waals surface area contributed by atoms with Crippen molar-refractivity contribution >= 4 is 9.84 Å². The lowest BCUT2D eigenvalue weighted by Gasteiger charge is -2.22. The number of ether oxygens (including phenoxy) is 1. The van der Waals surface area contributed by atoms with Crippen molar-refractivity contribution in [2.24, 2.45) is 5.92 Å². The molecule has 0 radical (unpaired) electrons. The molecule has 1 N–H and O–H groups in total. The van der Waals surface area contributed by atoms with E-state index in [1.807, 2.05) is 0 Å². The van der Waals surface area contributed by atoms with E-state index in [1.54, 1.807) is 6.92 Å². The highest BCUT2D eigenvalue weighted by atomic mass is 32.2. The highest BCUT2D eigenvalue weighted by Crippen LogP contribution is 2.18. The van der Waals surface area contributed by atoms with E-state index in [1.165, 1.54) is 0 Å². The Bertz CT molecular complexity index is 284. The number of hydrogen-bond acceptors (Lipinski definition) is 4. The normalized spacial score (nSPS) is 23.5. The van der Waals surface area contributed by atoms with Crippen LogP contribution in [0, 0.1) is 5.92 Å². The van der Waals surface area contributed by atoms with Gasteiger partial charge in [0.05, 0.1) is 12.4 Å². The van der Waals surface area contributed by atoms with Gasteiger partial charge in [-0.25, -0.2) is 8.42 Å². The van der Waals surface area contributed by atoms with Crippen molar-refractivity contribution in [3.8, 4) is 0 Å². The third-order valence-electron chi connectivity index (χ3n) is 3.23. The number of rotatable bonds is 7. The quantitative estimate of drug-likeness (QED) is 0.726. The van der Waals surface area contributed by atoms with Crippen LogP contribution >= 0.6 is 0 Å². The Morgan fingerprint density at radius 3 is 2.69 bits per heavy atom. The van der Waals surface area contributed by atoms with Crippen LogP contribution in [0.15, 0.2) is 0 Å². The van der Waals surface area contributed by atoms with Gasteiger partial charge in [-0.15, -0.1) is 0 Å². The molecule has 1 heterocycles. The molecule has 4 nitrogen and oxygen atoms in total. The molecule has 0 aromatic rings. The van der Waals surface area contributed by atoms with E-state index < -0.39 is 9.84 Å². The third-order valence-corrected chi connectivity index (χ3v) is 4.94. The molecule has 2 unspecified atom stereocenters. The van der Waals surface area contributed by atoms with Crippen LogP contribution in [0.2, 0.25) is 0 Å². The van der Waals surface area contributed by atoms with Crippen LogP contribution in [0.1, 0.15) is 26.7 Å². The van der Waals surface area contributed by atoms with E-state index in [9.17, 15) is 8.42 Å². The summed E-state index contributed by atoms with van der Waals surface area (Å²) >= 11 is 0. The minimum atomic E-state index is -2.84. The molecule has 0 aromatic heterocycles. The number of sulfone groups is 1. The first kappa shape index (κ1) is 13.9. The molecule has 1 aliphatic rings. The van der Waals surface area contributed by atoms with Gasteiger partial charge in [0.1, 0.15) is 0 Å². The van der Waals surface area contributed by atoms with Gasteiger partial charge < -0.3 is 10.1 Å². The summed E-state index contributed by atoms with van der Waals surface area (Å²) in [5.74, 6) is 1.03. The summed E-state index contributed by atoms with van der Waals surface area (Å²) in [6, 6.07) is 0.398. The smallest absolute Gasteiger partial charge is 0.151 e. The summed E-state index contributed by atoms with van der Waals surface area (Å²) in [5, 5.41) is 3.34. The van der Waals surface area contributed by atoms with Crippen LogP contribution in [-0.2, 0) is 14.6 Å². The first-order chi connectivity index (χ1) is 7.59. The molecule has 1 aliphatic heterocycles. The highest BCUT2D eigenvalue weighted by molar-refractivity contribution is 7.91. The largest absolute Gasteiger partial charge is 0.381 e. The molecule has 1 rings (SSSR count). The van der Waals surface area contributed by atoms with E-state index >= 15 is 0 Å². The van der Waals surface area contributed by atoms with Crippen LogP contribution in [0.5, 0.6) is 0 Å². The number of hydrogen-bond donors (Lipinski definition) is 1. The summed E-state index contributed by atoms with van der Waals surface area (Å²) in [6.45, 7) is 6.04. The Morgan fingerprint density at radius 2 is 2.19 bits per heavy atom. The molecule has 2 atom stereocenters. The average molecular weight is 249 g/mol. The molecule has 0 amide bonds. The number of nitrogens with one attached hydrogen (secondary N) is 1. The first-order valence-electron chi connectivity index (χ1n) is 6.10. The lowest BCUT2D eigenvalue weighted by Crippen LogP contribution is -2.38. The third kappa shape index (κ3) is 4.39. The topological polar surface area (TPSA) is 55.4 Å². The molecule has 1 saturated heterocycles. The van der Waals surface area contributed by atoms with Crippen molar-refractivity contribution in [2.75, 3.05) is 31.3 Å². The van der Waals surface area contributed by atoms with Crippen molar-refractivity contribution in [2.45, 2.75) is 32.7 Å². The summed E-state index contributed by atoms with van der Waals surface area (Å²) in [7, 11) is -2.84. The fraction of sp³-hybridized carbons (Fsp3) is 1.00. The summed E-state index contributed by atoms with van der Waals surface area (Å²) in [6.07, 6.45) is 2.12. The van der Waals surface area contributed by atoms with Crippen LogP contribution < -0.4 is 5.32 Å². The Labute approximate surface area is 98.7 Å². The molecule has 0 spiro atoms. The fourth-order valence-electron chi connectivity index (χ4n) is 2.06. The van der Waals surface area contributed by atoms with Gasteiger partial charge in [-0.1, -0.05) is 13.8 Å². The van der Waals surface area contributed by atoms with Gasteiger partial charge in [-0.05, 0) is 18.8 Å². The molecule has 0 aromatic carbocycles. The molecule has 0 aliphatic carbocycles. The zero-order valence-electron chi connectivity index (χ0n) is 10.2. The average Bonchev–Trinajstić information content (AvgIpc) is 2.78. The van der Waals surface area contributed by atoms with E-state index in [-0.39, 0.29) is 11.5 Å². The SMILES string of the molecule is CCC(NCCS(=O)(=O)CC)C1CCOC1. The van der Waals surface area contributed by atoms with E-state index in [0.717, 1.165) is 26.1 Å². The highest BCUT2D eigenvalue weighted by Gasteiger charge is 2.24. The Balaban J connectivity index is 2.29. The maximum absolute atomic E-state index is 11.3. The standard InChI is InChI=1S/C11H23NO3S/c1-3-11(10-5-7-15-9-10)12-6-8-16(13,14)4-2/h10-12H,3-9H2,1-2H3. The predicted octanol–water partition coefficient (Wildman–Crippen LogP) is 0.826. The monoisotopic (exact) mass is 249 g/mol. The Kier molecular flexibility index (Phi) is 5.72. The minimum Gasteiger partial charge on any atom is -0.381 e. The Morgan fingerprint density at radius 1 is 1.44 bits per heavy atom. The first-order valence-corrected chi connectivity index (χ1v) is 7.92. The fourth-order valence-corrected chi connectivity index (χ4v) is 2.78. The van der Waals surface area contributed by atoms with Gasteiger partial charge in [0.2, 0.25) is 0 Å². The molecule has 16 heavy (non-hydrogen) atoms. The second-order valence-corrected chi connectivity index (χ2v) is 6.80. The van der Waals surface area contributed by atoms with Gasteiger partial charge in [-0.3, -0.25) is 0 Å². The van der Waals surface area contributed by atoms with E-state index in [2.05, 4.69) is 12.2 Å². The van der Waals surface area contributed by atoms with Gasteiger partial charge in [-0.2, -0.15) is 0 Å². The van der Waals surface area contributed by atoms with Gasteiger partial charge >= 0.3 is 0 Å². The minimum absolute atomic E-state index is 0.234. The van der Waals surface area contributed by atoms with Crippen LogP contribution in [-0.4, -0.2) is 45.7 Å². The van der Waals surface area contributed by atoms with Crippen LogP contribution in [0.25, 0.3) is 0 Å². The van der Waals surface area contributed by atoms with Gasteiger partial charge in [0.15, 0.2) is 9.84 Å². The summed E-state index contributed by atoms with van der Waals surface area (Å²) in [4.78, 5) is 0. The molecular formula is C11H23NO3S. The van der Waals surface area contributed by atoms with Gasteiger partial charge in [0.25, 0.3) is 0 Å². The lowest BCUT2D eigenvalue weighted by molar-refractivity contribution is 0.176. The zero-order chi connectivity index (χ0) is 12.0. The summed E-state index contributed by atoms with van der Waals surface area (Å²) < 4.78 is 28.0. The maximum atomic E-state index is 11.3. The summed E-state index contributed by atoms with van der Waals surface area (Å²) in [5.41, 5.74) is 0. The molecule has 0 saturated carbocycles. The maximum Gasteiger partial charge on any atom is 0.151 e. The Hall–Kier alpha value is -0.130. The van der Waals surface area contributed by atoms with E-state index in [0.29, 0.717) is 18.5 Å². The molecule has 96 valence electrons. The second kappa shape index (κ2) is 6.57. The molecule has 0 bridgehead atoms. The van der Waals surface area contributed by atoms with Crippen molar-refractivity contribution < 1.29 is 13.2 Å². The predicted molar refractivity (Wildman–Crippen MR) is 65.3 cm³/mol. The molecular weight excluding hydrogens is 226 g/mol. The second-order valence-electron chi connectivity index (χ2n) is 4.33. The molecule has 1 fully saturated rings. The van der Waals surface area contributed by atoms with Crippen molar-refractivity contribution in [1.82, 2.24) is 5.32 Å². The molecule has 5 heteroatoms. The van der Waals surface area contributed by atoms with Crippen molar-refractivity contribution in [3.63, 3.8) is 0 Å². The van der Waals surface area contributed by atoms with Gasteiger partial charge in [0, 0.05) is 24.9 Å². The van der Waals surface area contributed by atoms with Crippen LogP contribution in [0.3, 0.4) is 0 Å². The zero-order valence-corrected chi connectivity index (χ0v) is 11.1.